The molecule has 0 saturated carbocycles. The second-order valence-corrected chi connectivity index (χ2v) is 4.38. The van der Waals surface area contributed by atoms with E-state index < -0.39 is 0 Å². The molecule has 0 aliphatic rings. The van der Waals surface area contributed by atoms with Gasteiger partial charge in [0.25, 0.3) is 0 Å². The topological polar surface area (TPSA) is 50.9 Å². The molecule has 0 aliphatic heterocycles. The first-order chi connectivity index (χ1) is 8.70. The van der Waals surface area contributed by atoms with Gasteiger partial charge in [-0.05, 0) is 36.2 Å². The Kier molecular flexibility index (Phi) is 3.89. The summed E-state index contributed by atoms with van der Waals surface area (Å²) in [5.74, 6) is 0.689. The molecule has 1 heterocycles. The first-order valence-corrected chi connectivity index (χ1v) is 6.22. The molecule has 2 aromatic rings. The Bertz CT molecular complexity index is 549. The van der Waals surface area contributed by atoms with Crippen LogP contribution in [0.3, 0.4) is 0 Å². The van der Waals surface area contributed by atoms with Crippen LogP contribution in [0.5, 0.6) is 0 Å². The summed E-state index contributed by atoms with van der Waals surface area (Å²) in [5, 5.41) is 3.23. The van der Waals surface area contributed by atoms with Gasteiger partial charge in [0, 0.05) is 11.9 Å². The highest BCUT2D eigenvalue weighted by Crippen LogP contribution is 2.18. The van der Waals surface area contributed by atoms with Crippen molar-refractivity contribution >= 4 is 28.7 Å². The van der Waals surface area contributed by atoms with E-state index >= 15 is 0 Å². The van der Waals surface area contributed by atoms with Crippen molar-refractivity contribution in [1.82, 2.24) is 4.98 Å². The highest BCUT2D eigenvalue weighted by molar-refractivity contribution is 7.80. The molecule has 92 valence electrons. The Labute approximate surface area is 112 Å². The number of benzene rings is 1. The molecule has 0 saturated heterocycles. The number of anilines is 2. The molecule has 0 radical (unpaired) electrons. The maximum Gasteiger partial charge on any atom is 0.140 e. The number of thiocarbonyl (C=S) groups is 1. The Morgan fingerprint density at radius 1 is 1.28 bits per heavy atom. The van der Waals surface area contributed by atoms with E-state index in [9.17, 15) is 0 Å². The summed E-state index contributed by atoms with van der Waals surface area (Å²) in [6.45, 7) is 2.13. The number of nitrogens with two attached hydrogens (primary N) is 1. The Morgan fingerprint density at radius 3 is 2.61 bits per heavy atom. The van der Waals surface area contributed by atoms with Crippen molar-refractivity contribution in [2.45, 2.75) is 13.3 Å². The second kappa shape index (κ2) is 5.60. The van der Waals surface area contributed by atoms with Crippen LogP contribution in [0.2, 0.25) is 0 Å². The maximum atomic E-state index is 5.67. The van der Waals surface area contributed by atoms with E-state index in [1.807, 2.05) is 24.3 Å². The van der Waals surface area contributed by atoms with Crippen molar-refractivity contribution in [2.24, 2.45) is 5.73 Å². The maximum absolute atomic E-state index is 5.67. The highest BCUT2D eigenvalue weighted by atomic mass is 32.1. The summed E-state index contributed by atoms with van der Waals surface area (Å²) in [7, 11) is 0. The molecule has 3 N–H and O–H groups in total. The molecule has 4 heteroatoms. The molecule has 3 nitrogen and oxygen atoms in total. The van der Waals surface area contributed by atoms with Crippen molar-refractivity contribution < 1.29 is 0 Å². The molecule has 1 aromatic heterocycles. The molecule has 0 atom stereocenters. The second-order valence-electron chi connectivity index (χ2n) is 3.94. The van der Waals surface area contributed by atoms with Crippen LogP contribution < -0.4 is 11.1 Å². The van der Waals surface area contributed by atoms with E-state index in [0.717, 1.165) is 17.7 Å². The van der Waals surface area contributed by atoms with E-state index in [2.05, 4.69) is 29.4 Å². The smallest absolute Gasteiger partial charge is 0.140 e. The standard InChI is InChI=1S/C14H15N3S/c1-2-10-5-7-11(8-6-10)17-14-12(13(15)18)4-3-9-16-14/h3-9H,2H2,1H3,(H2,15,18)(H,16,17). The van der Waals surface area contributed by atoms with Crippen molar-refractivity contribution in [3.05, 3.63) is 53.7 Å². The molecule has 2 rings (SSSR count). The molecule has 1 aromatic carbocycles. The minimum absolute atomic E-state index is 0.343. The van der Waals surface area contributed by atoms with Gasteiger partial charge < -0.3 is 11.1 Å². The number of nitrogens with one attached hydrogen (secondary N) is 1. The number of hydrogen-bond donors (Lipinski definition) is 2. The van der Waals surface area contributed by atoms with Gasteiger partial charge in [0.15, 0.2) is 0 Å². The van der Waals surface area contributed by atoms with Gasteiger partial charge in [-0.2, -0.15) is 0 Å². The molecule has 0 bridgehead atoms. The van der Waals surface area contributed by atoms with Crippen LogP contribution in [0.4, 0.5) is 11.5 Å². The van der Waals surface area contributed by atoms with Gasteiger partial charge in [0.1, 0.15) is 10.8 Å². The highest BCUT2D eigenvalue weighted by Gasteiger charge is 2.05. The summed E-state index contributed by atoms with van der Waals surface area (Å²) in [6.07, 6.45) is 2.74. The fourth-order valence-electron chi connectivity index (χ4n) is 1.66. The van der Waals surface area contributed by atoms with Crippen molar-refractivity contribution in [3.8, 4) is 0 Å². The lowest BCUT2D eigenvalue weighted by atomic mass is 10.1. The predicted molar refractivity (Wildman–Crippen MR) is 79.2 cm³/mol. The minimum atomic E-state index is 0.343. The van der Waals surface area contributed by atoms with E-state index in [1.54, 1.807) is 6.20 Å². The predicted octanol–water partition coefficient (Wildman–Crippen LogP) is 3.02. The van der Waals surface area contributed by atoms with Gasteiger partial charge >= 0.3 is 0 Å². The summed E-state index contributed by atoms with van der Waals surface area (Å²) in [5.41, 5.74) is 8.70. The van der Waals surface area contributed by atoms with Crippen LogP contribution in [0.25, 0.3) is 0 Å². The lowest BCUT2D eigenvalue weighted by Crippen LogP contribution is -2.12. The third-order valence-corrected chi connectivity index (χ3v) is 2.92. The zero-order valence-electron chi connectivity index (χ0n) is 10.2. The number of hydrogen-bond acceptors (Lipinski definition) is 3. The molecule has 18 heavy (non-hydrogen) atoms. The summed E-state index contributed by atoms with van der Waals surface area (Å²) in [6, 6.07) is 11.9. The minimum Gasteiger partial charge on any atom is -0.389 e. The van der Waals surface area contributed by atoms with Gasteiger partial charge in [-0.3, -0.25) is 0 Å². The molecular weight excluding hydrogens is 242 g/mol. The van der Waals surface area contributed by atoms with Gasteiger partial charge in [-0.25, -0.2) is 4.98 Å². The number of aryl methyl sites for hydroxylation is 1. The summed E-state index contributed by atoms with van der Waals surface area (Å²) < 4.78 is 0. The monoisotopic (exact) mass is 257 g/mol. The zero-order valence-corrected chi connectivity index (χ0v) is 11.0. The van der Waals surface area contributed by atoms with Crippen molar-refractivity contribution in [3.63, 3.8) is 0 Å². The van der Waals surface area contributed by atoms with Gasteiger partial charge in [0.05, 0.1) is 5.56 Å². The number of aromatic nitrogens is 1. The average molecular weight is 257 g/mol. The lowest BCUT2D eigenvalue weighted by Gasteiger charge is -2.10. The van der Waals surface area contributed by atoms with Crippen LogP contribution in [-0.4, -0.2) is 9.97 Å². The normalized spacial score (nSPS) is 10.1. The SMILES string of the molecule is CCc1ccc(Nc2ncccc2C(N)=S)cc1. The first kappa shape index (κ1) is 12.5. The quantitative estimate of drug-likeness (QED) is 0.827. The Balaban J connectivity index is 2.25. The van der Waals surface area contributed by atoms with E-state index in [4.69, 9.17) is 18.0 Å². The average Bonchev–Trinajstić information content (AvgIpc) is 2.40. The lowest BCUT2D eigenvalue weighted by molar-refractivity contribution is 1.14. The molecule has 0 spiro atoms. The number of nitrogens with zero attached hydrogens (tertiary/aromatic N) is 1. The van der Waals surface area contributed by atoms with E-state index in [0.29, 0.717) is 10.8 Å². The molecule has 0 aliphatic carbocycles. The van der Waals surface area contributed by atoms with Crippen molar-refractivity contribution in [2.75, 3.05) is 5.32 Å². The van der Waals surface area contributed by atoms with Crippen LogP contribution in [0.15, 0.2) is 42.6 Å². The fourth-order valence-corrected chi connectivity index (χ4v) is 1.83. The Morgan fingerprint density at radius 2 is 2.00 bits per heavy atom. The molecule has 0 fully saturated rings. The summed E-state index contributed by atoms with van der Waals surface area (Å²) in [4.78, 5) is 4.60. The van der Waals surface area contributed by atoms with Gasteiger partial charge in [0.2, 0.25) is 0 Å². The van der Waals surface area contributed by atoms with E-state index in [-0.39, 0.29) is 0 Å². The third kappa shape index (κ3) is 2.84. The third-order valence-electron chi connectivity index (χ3n) is 2.70. The molecular formula is C14H15N3S. The first-order valence-electron chi connectivity index (χ1n) is 5.81. The largest absolute Gasteiger partial charge is 0.389 e. The molecule has 0 amide bonds. The van der Waals surface area contributed by atoms with Crippen molar-refractivity contribution in [1.29, 1.82) is 0 Å². The summed E-state index contributed by atoms with van der Waals surface area (Å²) >= 11 is 5.00. The zero-order chi connectivity index (χ0) is 13.0. The fraction of sp³-hybridized carbons (Fsp3) is 0.143. The Hall–Kier alpha value is -1.94. The van der Waals surface area contributed by atoms with Crippen LogP contribution in [-0.2, 0) is 6.42 Å². The molecule has 0 unspecified atom stereocenters. The van der Waals surface area contributed by atoms with Crippen LogP contribution >= 0.6 is 12.2 Å². The van der Waals surface area contributed by atoms with Crippen LogP contribution in [0, 0.1) is 0 Å². The van der Waals surface area contributed by atoms with Gasteiger partial charge in [-0.15, -0.1) is 0 Å². The number of pyridine rings is 1. The van der Waals surface area contributed by atoms with Gasteiger partial charge in [-0.1, -0.05) is 31.3 Å². The number of rotatable bonds is 4. The van der Waals surface area contributed by atoms with E-state index in [1.165, 1.54) is 5.56 Å². The van der Waals surface area contributed by atoms with Crippen LogP contribution in [0.1, 0.15) is 18.1 Å².